The van der Waals surface area contributed by atoms with Crippen LogP contribution in [0, 0.1) is 6.92 Å². The fourth-order valence-electron chi connectivity index (χ4n) is 2.77. The minimum atomic E-state index is 0.539. The van der Waals surface area contributed by atoms with E-state index in [1.165, 1.54) is 89.9 Å². The Kier molecular flexibility index (Phi) is 22.3. The summed E-state index contributed by atoms with van der Waals surface area (Å²) in [5.41, 5.74) is 0. The van der Waals surface area contributed by atoms with Crippen LogP contribution >= 0.6 is 0 Å². The van der Waals surface area contributed by atoms with E-state index in [4.69, 9.17) is 9.47 Å². The van der Waals surface area contributed by atoms with Crippen molar-refractivity contribution in [2.75, 3.05) is 26.4 Å². The second-order valence-corrected chi connectivity index (χ2v) is 6.66. The van der Waals surface area contributed by atoms with Gasteiger partial charge in [0.1, 0.15) is 0 Å². The molecule has 0 aromatic rings. The number of ether oxygens (including phenoxy) is 2. The highest BCUT2D eigenvalue weighted by molar-refractivity contribution is 4.81. The molecule has 24 heavy (non-hydrogen) atoms. The van der Waals surface area contributed by atoms with Gasteiger partial charge in [-0.25, -0.2) is 0 Å². The SMILES string of the molecule is [CH2]COCCOCCCCCCCC/C=C\CCCCCCCC. The number of allylic oxidation sites excluding steroid dienone is 2. The van der Waals surface area contributed by atoms with Crippen LogP contribution in [0.3, 0.4) is 0 Å². The molecular weight excluding hydrogens is 296 g/mol. The van der Waals surface area contributed by atoms with Crippen LogP contribution in [-0.2, 0) is 9.47 Å². The first-order chi connectivity index (χ1) is 11.9. The molecular formula is C22H43O2. The smallest absolute Gasteiger partial charge is 0.0700 e. The zero-order chi connectivity index (χ0) is 17.6. The van der Waals surface area contributed by atoms with E-state index in [1.807, 2.05) is 0 Å². The van der Waals surface area contributed by atoms with Gasteiger partial charge in [-0.3, -0.25) is 0 Å². The lowest BCUT2D eigenvalue weighted by atomic mass is 10.1. The van der Waals surface area contributed by atoms with Crippen molar-refractivity contribution in [2.24, 2.45) is 0 Å². The zero-order valence-electron chi connectivity index (χ0n) is 16.4. The van der Waals surface area contributed by atoms with Crippen molar-refractivity contribution in [1.29, 1.82) is 0 Å². The Hall–Kier alpha value is -0.340. The normalized spacial score (nSPS) is 11.6. The molecule has 0 saturated carbocycles. The molecule has 2 nitrogen and oxygen atoms in total. The van der Waals surface area contributed by atoms with Crippen molar-refractivity contribution in [3.63, 3.8) is 0 Å². The van der Waals surface area contributed by atoms with Crippen LogP contribution in [0.5, 0.6) is 0 Å². The molecule has 0 bridgehead atoms. The molecule has 0 spiro atoms. The van der Waals surface area contributed by atoms with Gasteiger partial charge in [0.2, 0.25) is 0 Å². The van der Waals surface area contributed by atoms with Crippen molar-refractivity contribution in [3.05, 3.63) is 19.1 Å². The van der Waals surface area contributed by atoms with Crippen molar-refractivity contribution >= 4 is 0 Å². The first-order valence-electron chi connectivity index (χ1n) is 10.5. The van der Waals surface area contributed by atoms with Gasteiger partial charge in [0, 0.05) is 13.2 Å². The third-order valence-corrected chi connectivity index (χ3v) is 4.32. The summed E-state index contributed by atoms with van der Waals surface area (Å²) in [7, 11) is 0. The molecule has 0 amide bonds. The van der Waals surface area contributed by atoms with Gasteiger partial charge < -0.3 is 9.47 Å². The zero-order valence-corrected chi connectivity index (χ0v) is 16.4. The van der Waals surface area contributed by atoms with Gasteiger partial charge in [0.05, 0.1) is 13.2 Å². The minimum Gasteiger partial charge on any atom is -0.379 e. The molecule has 0 rings (SSSR count). The standard InChI is InChI=1S/C22H43O2/c1-3-5-6-7-8-9-10-11-12-13-14-15-16-17-18-19-20-24-22-21-23-4-2/h11-12H,2-10,13-22H2,1H3/b12-11-. The Morgan fingerprint density at radius 2 is 1.08 bits per heavy atom. The van der Waals surface area contributed by atoms with Crippen LogP contribution in [0.15, 0.2) is 12.2 Å². The molecule has 0 heterocycles. The largest absolute Gasteiger partial charge is 0.379 e. The van der Waals surface area contributed by atoms with E-state index in [2.05, 4.69) is 26.0 Å². The number of rotatable bonds is 20. The summed E-state index contributed by atoms with van der Waals surface area (Å²) in [5.74, 6) is 0. The van der Waals surface area contributed by atoms with E-state index < -0.39 is 0 Å². The second kappa shape index (κ2) is 22.7. The van der Waals surface area contributed by atoms with Gasteiger partial charge in [-0.2, -0.15) is 0 Å². The molecule has 0 aliphatic heterocycles. The average molecular weight is 340 g/mol. The van der Waals surface area contributed by atoms with Crippen LogP contribution in [-0.4, -0.2) is 26.4 Å². The Morgan fingerprint density at radius 3 is 1.67 bits per heavy atom. The highest BCUT2D eigenvalue weighted by Crippen LogP contribution is 2.09. The van der Waals surface area contributed by atoms with Gasteiger partial charge in [-0.1, -0.05) is 76.9 Å². The van der Waals surface area contributed by atoms with Crippen LogP contribution < -0.4 is 0 Å². The quantitative estimate of drug-likeness (QED) is 0.177. The Balaban J connectivity index is 3.03. The summed E-state index contributed by atoms with van der Waals surface area (Å²) in [6, 6.07) is 0. The summed E-state index contributed by atoms with van der Waals surface area (Å²) >= 11 is 0. The van der Waals surface area contributed by atoms with Gasteiger partial charge in [0.15, 0.2) is 0 Å². The number of unbranched alkanes of at least 4 members (excludes halogenated alkanes) is 12. The molecule has 0 aromatic heterocycles. The van der Waals surface area contributed by atoms with E-state index in [0.29, 0.717) is 19.8 Å². The molecule has 0 saturated heterocycles. The van der Waals surface area contributed by atoms with E-state index in [9.17, 15) is 0 Å². The molecule has 0 atom stereocenters. The van der Waals surface area contributed by atoms with Gasteiger partial charge >= 0.3 is 0 Å². The highest BCUT2D eigenvalue weighted by Gasteiger charge is 1.93. The predicted molar refractivity (Wildman–Crippen MR) is 106 cm³/mol. The number of hydrogen-bond acceptors (Lipinski definition) is 2. The van der Waals surface area contributed by atoms with Gasteiger partial charge in [0.25, 0.3) is 0 Å². The van der Waals surface area contributed by atoms with E-state index in [1.54, 1.807) is 0 Å². The molecule has 0 fully saturated rings. The van der Waals surface area contributed by atoms with Crippen LogP contribution in [0.4, 0.5) is 0 Å². The van der Waals surface area contributed by atoms with Crippen LogP contribution in [0.2, 0.25) is 0 Å². The fourth-order valence-corrected chi connectivity index (χ4v) is 2.77. The second-order valence-electron chi connectivity index (χ2n) is 6.66. The third-order valence-electron chi connectivity index (χ3n) is 4.32. The average Bonchev–Trinajstić information content (AvgIpc) is 2.60. The molecule has 0 N–H and O–H groups in total. The molecule has 0 aliphatic carbocycles. The summed E-state index contributed by atoms with van der Waals surface area (Å²) in [6.45, 7) is 8.70. The molecule has 0 unspecified atom stereocenters. The molecule has 2 heteroatoms. The predicted octanol–water partition coefficient (Wildman–Crippen LogP) is 6.89. The molecule has 0 aliphatic rings. The maximum atomic E-state index is 5.49. The van der Waals surface area contributed by atoms with Crippen molar-refractivity contribution < 1.29 is 9.47 Å². The van der Waals surface area contributed by atoms with E-state index in [0.717, 1.165) is 6.61 Å². The Labute approximate surface area is 152 Å². The lowest BCUT2D eigenvalue weighted by molar-refractivity contribution is 0.0561. The Bertz CT molecular complexity index is 238. The minimum absolute atomic E-state index is 0.539. The monoisotopic (exact) mass is 339 g/mol. The summed E-state index contributed by atoms with van der Waals surface area (Å²) in [5, 5.41) is 0. The molecule has 1 radical (unpaired) electrons. The Morgan fingerprint density at radius 1 is 0.583 bits per heavy atom. The van der Waals surface area contributed by atoms with Crippen molar-refractivity contribution in [3.8, 4) is 0 Å². The lowest BCUT2D eigenvalue weighted by Gasteiger charge is -2.04. The fraction of sp³-hybridized carbons (Fsp3) is 0.864. The topological polar surface area (TPSA) is 18.5 Å². The van der Waals surface area contributed by atoms with E-state index in [-0.39, 0.29) is 0 Å². The summed E-state index contributed by atoms with van der Waals surface area (Å²) < 4.78 is 10.6. The van der Waals surface area contributed by atoms with Crippen molar-refractivity contribution in [2.45, 2.75) is 96.8 Å². The van der Waals surface area contributed by atoms with Crippen LogP contribution in [0.25, 0.3) is 0 Å². The van der Waals surface area contributed by atoms with E-state index >= 15 is 0 Å². The van der Waals surface area contributed by atoms with Gasteiger partial charge in [-0.05, 0) is 39.0 Å². The lowest BCUT2D eigenvalue weighted by Crippen LogP contribution is -2.04. The van der Waals surface area contributed by atoms with Gasteiger partial charge in [-0.15, -0.1) is 0 Å². The highest BCUT2D eigenvalue weighted by atomic mass is 16.5. The van der Waals surface area contributed by atoms with Crippen LogP contribution in [0.1, 0.15) is 96.8 Å². The third kappa shape index (κ3) is 21.7. The maximum Gasteiger partial charge on any atom is 0.0700 e. The maximum absolute atomic E-state index is 5.49. The number of hydrogen-bond donors (Lipinski definition) is 0. The first-order valence-corrected chi connectivity index (χ1v) is 10.5. The molecule has 0 aromatic carbocycles. The van der Waals surface area contributed by atoms with Crippen molar-refractivity contribution in [1.82, 2.24) is 0 Å². The summed E-state index contributed by atoms with van der Waals surface area (Å²) in [4.78, 5) is 0. The summed E-state index contributed by atoms with van der Waals surface area (Å²) in [6.07, 6.45) is 23.7. The molecule has 143 valence electrons. The first kappa shape index (κ1) is 23.7.